The summed E-state index contributed by atoms with van der Waals surface area (Å²) in [5.74, 6) is -2.06. The molecule has 3 rings (SSSR count). The number of hydrogen-bond acceptors (Lipinski definition) is 5. The van der Waals surface area contributed by atoms with Crippen molar-refractivity contribution in [2.24, 2.45) is 23.5 Å². The lowest BCUT2D eigenvalue weighted by atomic mass is 9.83. The van der Waals surface area contributed by atoms with E-state index in [1.165, 1.54) is 0 Å². The molecule has 1 aliphatic heterocycles. The topological polar surface area (TPSA) is 134 Å². The third kappa shape index (κ3) is 6.90. The number of carbonyl (C=O) groups excluding carboxylic acids is 4. The monoisotopic (exact) mass is 559 g/mol. The highest BCUT2D eigenvalue weighted by molar-refractivity contribution is 6.51. The second-order valence-corrected chi connectivity index (χ2v) is 13.5. The third-order valence-corrected chi connectivity index (χ3v) is 9.01. The van der Waals surface area contributed by atoms with Gasteiger partial charge in [-0.2, -0.15) is 0 Å². The Bertz CT molecular complexity index is 887. The van der Waals surface area contributed by atoms with E-state index in [4.69, 9.17) is 28.9 Å². The maximum Gasteiger partial charge on any atom is 0.315 e. The van der Waals surface area contributed by atoms with Crippen LogP contribution in [0.1, 0.15) is 79.6 Å². The number of nitrogens with zero attached hydrogens (tertiary/aromatic N) is 1. The molecule has 5 N–H and O–H groups in total. The quantitative estimate of drug-likeness (QED) is 0.241. The van der Waals surface area contributed by atoms with E-state index in [0.717, 1.165) is 32.1 Å². The van der Waals surface area contributed by atoms with Crippen molar-refractivity contribution in [3.63, 3.8) is 0 Å². The predicted octanol–water partition coefficient (Wildman–Crippen LogP) is 2.86. The first kappa shape index (κ1) is 30.0. The Balaban J connectivity index is 1.84. The molecule has 2 unspecified atom stereocenters. The zero-order valence-corrected chi connectivity index (χ0v) is 24.1. The van der Waals surface area contributed by atoms with Crippen molar-refractivity contribution in [3.8, 4) is 0 Å². The molecule has 9 nitrogen and oxygen atoms in total. The van der Waals surface area contributed by atoms with E-state index in [1.54, 1.807) is 4.90 Å². The largest absolute Gasteiger partial charge is 0.363 e. The maximum absolute atomic E-state index is 14.1. The molecule has 0 aromatic rings. The van der Waals surface area contributed by atoms with Gasteiger partial charge in [0.15, 0.2) is 0 Å². The lowest BCUT2D eigenvalue weighted by Gasteiger charge is -2.40. The van der Waals surface area contributed by atoms with Gasteiger partial charge in [0.1, 0.15) is 10.4 Å². The summed E-state index contributed by atoms with van der Waals surface area (Å²) in [4.78, 5) is 52.8. The van der Waals surface area contributed by atoms with E-state index in [0.29, 0.717) is 19.4 Å². The van der Waals surface area contributed by atoms with E-state index in [1.807, 2.05) is 34.6 Å². The van der Waals surface area contributed by atoms with Gasteiger partial charge in [-0.3, -0.25) is 14.4 Å². The summed E-state index contributed by atoms with van der Waals surface area (Å²) in [5.41, 5.74) is 4.84. The molecule has 1 saturated heterocycles. The molecule has 1 heterocycles. The Morgan fingerprint density at radius 3 is 2.27 bits per heavy atom. The zero-order valence-electron chi connectivity index (χ0n) is 22.6. The Morgan fingerprint density at radius 2 is 1.73 bits per heavy atom. The molecule has 3 aliphatic rings. The second kappa shape index (κ2) is 11.7. The van der Waals surface area contributed by atoms with Crippen LogP contribution in [0.25, 0.3) is 0 Å². The van der Waals surface area contributed by atoms with Gasteiger partial charge in [-0.05, 0) is 52.9 Å². The molecule has 11 heteroatoms. The smallest absolute Gasteiger partial charge is 0.315 e. The van der Waals surface area contributed by atoms with Crippen LogP contribution < -0.4 is 21.7 Å². The highest BCUT2D eigenvalue weighted by atomic mass is 35.5. The van der Waals surface area contributed by atoms with E-state index >= 15 is 0 Å². The number of alkyl halides is 2. The van der Waals surface area contributed by atoms with Gasteiger partial charge in [-0.15, -0.1) is 23.2 Å². The number of Topliss-reactive ketones (excluding diaryl/α,β-unsaturated/α-hetero) is 1. The standard InChI is InChI=1S/C26H43Cl2N5O4/c1-6-10-17(21(34)22(29)35)30-14(2)20-18-16(26(18,27)28)13-33(20)23(36)19(15-11-8-7-9-12-15)31-24(37)32-25(3,4)5/h14-20,30H,6-13H2,1-5H3,(H2,29,35)(H2,31,32,37)/t14?,16-,17?,18-,19-,20+/m0/s1. The van der Waals surface area contributed by atoms with Gasteiger partial charge < -0.3 is 26.6 Å². The van der Waals surface area contributed by atoms with Crippen LogP contribution in [-0.4, -0.2) is 69.1 Å². The molecule has 0 radical (unpaired) electrons. The number of rotatable bonds is 10. The van der Waals surface area contributed by atoms with Crippen molar-refractivity contribution in [2.75, 3.05) is 6.54 Å². The van der Waals surface area contributed by atoms with E-state index in [9.17, 15) is 19.2 Å². The first-order valence-electron chi connectivity index (χ1n) is 13.6. The van der Waals surface area contributed by atoms with Gasteiger partial charge in [-0.25, -0.2) is 4.79 Å². The molecule has 2 aliphatic carbocycles. The number of carbonyl (C=O) groups is 4. The van der Waals surface area contributed by atoms with E-state index in [-0.39, 0.29) is 35.7 Å². The lowest BCUT2D eigenvalue weighted by molar-refractivity contribution is -0.138. The number of hydrogen-bond donors (Lipinski definition) is 4. The molecule has 210 valence electrons. The number of ketones is 1. The third-order valence-electron chi connectivity index (χ3n) is 7.94. The van der Waals surface area contributed by atoms with Crippen molar-refractivity contribution >= 4 is 46.8 Å². The summed E-state index contributed by atoms with van der Waals surface area (Å²) in [6.07, 6.45) is 6.00. The number of piperidine rings is 1. The summed E-state index contributed by atoms with van der Waals surface area (Å²) in [6.45, 7) is 9.84. The van der Waals surface area contributed by atoms with Gasteiger partial charge >= 0.3 is 6.03 Å². The molecule has 0 bridgehead atoms. The van der Waals surface area contributed by atoms with Crippen LogP contribution in [0.2, 0.25) is 0 Å². The fraction of sp³-hybridized carbons (Fsp3) is 0.846. The minimum atomic E-state index is -0.989. The molecule has 4 amide bonds. The Kier molecular flexibility index (Phi) is 9.44. The van der Waals surface area contributed by atoms with Crippen LogP contribution in [-0.2, 0) is 14.4 Å². The predicted molar refractivity (Wildman–Crippen MR) is 144 cm³/mol. The molecule has 3 fully saturated rings. The number of nitrogens with two attached hydrogens (primary N) is 1. The number of fused-ring (bicyclic) bond motifs is 1. The molecule has 0 spiro atoms. The van der Waals surface area contributed by atoms with Crippen molar-refractivity contribution < 1.29 is 19.2 Å². The van der Waals surface area contributed by atoms with Gasteiger partial charge in [0.2, 0.25) is 11.7 Å². The number of urea groups is 1. The SMILES string of the molecule is CCCC(NC(C)[C@@H]1[C@@H]2[C@H](CN1C(=O)[C@@H](NC(=O)NC(C)(C)C)C1CCCCC1)C2(Cl)Cl)C(=O)C(N)=O. The van der Waals surface area contributed by atoms with Crippen LogP contribution >= 0.6 is 23.2 Å². The number of likely N-dealkylation sites (tertiary alicyclic amines) is 1. The van der Waals surface area contributed by atoms with E-state index < -0.39 is 39.7 Å². The summed E-state index contributed by atoms with van der Waals surface area (Å²) in [7, 11) is 0. The number of amides is 4. The van der Waals surface area contributed by atoms with Crippen molar-refractivity contribution in [1.82, 2.24) is 20.9 Å². The van der Waals surface area contributed by atoms with Crippen molar-refractivity contribution in [2.45, 2.75) is 114 Å². The van der Waals surface area contributed by atoms with Crippen LogP contribution in [0.4, 0.5) is 4.79 Å². The number of nitrogens with one attached hydrogen (secondary N) is 3. The molecular formula is C26H43Cl2N5O4. The molecule has 0 aromatic carbocycles. The molecular weight excluding hydrogens is 517 g/mol. The molecule has 2 saturated carbocycles. The van der Waals surface area contributed by atoms with Crippen molar-refractivity contribution in [1.29, 1.82) is 0 Å². The highest BCUT2D eigenvalue weighted by Gasteiger charge is 2.73. The number of primary amides is 1. The van der Waals surface area contributed by atoms with Gasteiger partial charge in [0.25, 0.3) is 5.91 Å². The Morgan fingerprint density at radius 1 is 1.11 bits per heavy atom. The lowest BCUT2D eigenvalue weighted by Crippen LogP contribution is -2.61. The Hall–Kier alpha value is -1.58. The summed E-state index contributed by atoms with van der Waals surface area (Å²) >= 11 is 13.2. The molecule has 6 atom stereocenters. The number of halogens is 2. The minimum absolute atomic E-state index is 0.0360. The minimum Gasteiger partial charge on any atom is -0.363 e. The first-order valence-corrected chi connectivity index (χ1v) is 14.3. The van der Waals surface area contributed by atoms with Gasteiger partial charge in [-0.1, -0.05) is 32.6 Å². The van der Waals surface area contributed by atoms with Crippen molar-refractivity contribution in [3.05, 3.63) is 0 Å². The molecule has 37 heavy (non-hydrogen) atoms. The van der Waals surface area contributed by atoms with Crippen LogP contribution in [0, 0.1) is 17.8 Å². The summed E-state index contributed by atoms with van der Waals surface area (Å²) in [5, 5.41) is 9.14. The average molecular weight is 561 g/mol. The van der Waals surface area contributed by atoms with Gasteiger partial charge in [0, 0.05) is 30.0 Å². The fourth-order valence-electron chi connectivity index (χ4n) is 6.17. The van der Waals surface area contributed by atoms with Crippen LogP contribution in [0.15, 0.2) is 0 Å². The Labute approximate surface area is 230 Å². The van der Waals surface area contributed by atoms with Crippen LogP contribution in [0.3, 0.4) is 0 Å². The molecule has 0 aromatic heterocycles. The average Bonchev–Trinajstić information content (AvgIpc) is 3.14. The first-order chi connectivity index (χ1) is 17.2. The fourth-order valence-corrected chi connectivity index (χ4v) is 7.02. The van der Waals surface area contributed by atoms with Crippen LogP contribution in [0.5, 0.6) is 0 Å². The second-order valence-electron chi connectivity index (χ2n) is 12.0. The summed E-state index contributed by atoms with van der Waals surface area (Å²) < 4.78 is -0.956. The highest BCUT2D eigenvalue weighted by Crippen LogP contribution is 2.66. The van der Waals surface area contributed by atoms with E-state index in [2.05, 4.69) is 16.0 Å². The zero-order chi connectivity index (χ0) is 27.7. The normalized spacial score (nSPS) is 27.5. The maximum atomic E-state index is 14.1. The van der Waals surface area contributed by atoms with Gasteiger partial charge in [0.05, 0.1) is 12.1 Å². The summed E-state index contributed by atoms with van der Waals surface area (Å²) in [6, 6.07) is -2.58.